The third kappa shape index (κ3) is 3.62. The lowest BCUT2D eigenvalue weighted by Crippen LogP contribution is -1.98. The van der Waals surface area contributed by atoms with Crippen molar-refractivity contribution in [3.05, 3.63) is 30.4 Å². The predicted octanol–water partition coefficient (Wildman–Crippen LogP) is 3.68. The van der Waals surface area contributed by atoms with E-state index in [9.17, 15) is 0 Å². The topological polar surface area (TPSA) is 51.0 Å². The van der Waals surface area contributed by atoms with Crippen molar-refractivity contribution < 1.29 is 4.74 Å². The Kier molecular flexibility index (Phi) is 5.30. The minimum atomic E-state index is 0.732. The van der Waals surface area contributed by atoms with Gasteiger partial charge in [-0.3, -0.25) is 0 Å². The van der Waals surface area contributed by atoms with Crippen molar-refractivity contribution in [3.8, 4) is 5.75 Å². The van der Waals surface area contributed by atoms with E-state index >= 15 is 0 Å². The Morgan fingerprint density at radius 2 is 2.11 bits per heavy atom. The standard InChI is InChI=1S/C14H20N2OS/c15-10-5-3-1-2-4-6-11-17-12-8-7-9-13-14(12)16-18-13/h2,4,7-9,16H,1,3,5-6,10-11,15H2/b4-2-. The molecule has 2 rings (SSSR count). The van der Waals surface area contributed by atoms with Gasteiger partial charge in [-0.05, 0) is 44.4 Å². The number of aromatic nitrogens is 1. The number of hydrogen-bond acceptors (Lipinski definition) is 3. The molecule has 0 amide bonds. The van der Waals surface area contributed by atoms with Gasteiger partial charge in [-0.1, -0.05) is 29.8 Å². The van der Waals surface area contributed by atoms with Gasteiger partial charge in [0, 0.05) is 0 Å². The fraction of sp³-hybridized carbons (Fsp3) is 0.429. The fourth-order valence-corrected chi connectivity index (χ4v) is 2.43. The third-order valence-corrected chi connectivity index (χ3v) is 3.65. The third-order valence-electron chi connectivity index (χ3n) is 2.78. The highest BCUT2D eigenvalue weighted by molar-refractivity contribution is 7.15. The Labute approximate surface area is 112 Å². The first-order valence-corrected chi connectivity index (χ1v) is 7.27. The van der Waals surface area contributed by atoms with Gasteiger partial charge in [-0.25, -0.2) is 0 Å². The van der Waals surface area contributed by atoms with Crippen molar-refractivity contribution in [2.24, 2.45) is 5.73 Å². The summed E-state index contributed by atoms with van der Waals surface area (Å²) >= 11 is 1.65. The molecule has 1 aromatic carbocycles. The number of benzene rings is 1. The average molecular weight is 264 g/mol. The van der Waals surface area contributed by atoms with Gasteiger partial charge in [0.2, 0.25) is 0 Å². The molecule has 3 N–H and O–H groups in total. The molecule has 0 fully saturated rings. The van der Waals surface area contributed by atoms with Crippen LogP contribution < -0.4 is 10.5 Å². The van der Waals surface area contributed by atoms with Gasteiger partial charge in [0.15, 0.2) is 0 Å². The minimum absolute atomic E-state index is 0.732. The fourth-order valence-electron chi connectivity index (χ4n) is 1.76. The number of nitrogens with one attached hydrogen (secondary N) is 1. The second-order valence-electron chi connectivity index (χ2n) is 4.23. The highest BCUT2D eigenvalue weighted by atomic mass is 32.1. The molecule has 18 heavy (non-hydrogen) atoms. The summed E-state index contributed by atoms with van der Waals surface area (Å²) in [5.74, 6) is 0.961. The molecule has 1 heterocycles. The molecule has 0 aliphatic heterocycles. The van der Waals surface area contributed by atoms with Crippen LogP contribution in [0.2, 0.25) is 0 Å². The van der Waals surface area contributed by atoms with Crippen LogP contribution in [-0.4, -0.2) is 17.5 Å². The van der Waals surface area contributed by atoms with Crippen molar-refractivity contribution in [1.29, 1.82) is 0 Å². The van der Waals surface area contributed by atoms with E-state index in [1.807, 2.05) is 12.1 Å². The SMILES string of the molecule is NCCCC/C=C\CCOc1cccc2s[nH]c12. The van der Waals surface area contributed by atoms with Gasteiger partial charge in [-0.15, -0.1) is 0 Å². The summed E-state index contributed by atoms with van der Waals surface area (Å²) in [6.07, 6.45) is 8.78. The summed E-state index contributed by atoms with van der Waals surface area (Å²) in [7, 11) is 0. The largest absolute Gasteiger partial charge is 0.491 e. The van der Waals surface area contributed by atoms with Crippen LogP contribution in [-0.2, 0) is 0 Å². The van der Waals surface area contributed by atoms with Gasteiger partial charge in [-0.2, -0.15) is 0 Å². The normalized spacial score (nSPS) is 11.6. The number of nitrogens with two attached hydrogens (primary N) is 1. The van der Waals surface area contributed by atoms with Crippen molar-refractivity contribution in [2.75, 3.05) is 13.2 Å². The van der Waals surface area contributed by atoms with Crippen LogP contribution in [0.1, 0.15) is 25.7 Å². The number of H-pyrrole nitrogens is 1. The quantitative estimate of drug-likeness (QED) is 0.564. The average Bonchev–Trinajstić information content (AvgIpc) is 2.34. The summed E-state index contributed by atoms with van der Waals surface area (Å²) in [6.45, 7) is 1.53. The van der Waals surface area contributed by atoms with E-state index < -0.39 is 0 Å². The van der Waals surface area contributed by atoms with Crippen LogP contribution >= 0.6 is 11.5 Å². The molecule has 2 aromatic rings. The zero-order chi connectivity index (χ0) is 12.6. The van der Waals surface area contributed by atoms with E-state index in [-0.39, 0.29) is 0 Å². The van der Waals surface area contributed by atoms with E-state index in [1.54, 1.807) is 11.5 Å². The Bertz CT molecular complexity index is 487. The summed E-state index contributed by atoms with van der Waals surface area (Å²) < 4.78 is 10.2. The Morgan fingerprint density at radius 3 is 2.89 bits per heavy atom. The van der Waals surface area contributed by atoms with Gasteiger partial charge in [0.05, 0.1) is 11.3 Å². The summed E-state index contributed by atoms with van der Waals surface area (Å²) in [5.41, 5.74) is 6.57. The van der Waals surface area contributed by atoms with Crippen molar-refractivity contribution in [2.45, 2.75) is 25.7 Å². The highest BCUT2D eigenvalue weighted by Crippen LogP contribution is 2.29. The Hall–Kier alpha value is -1.26. The summed E-state index contributed by atoms with van der Waals surface area (Å²) in [6, 6.07) is 6.14. The maximum absolute atomic E-state index is 5.75. The number of unbranched alkanes of at least 4 members (excludes halogenated alkanes) is 2. The van der Waals surface area contributed by atoms with Crippen LogP contribution in [0, 0.1) is 0 Å². The lowest BCUT2D eigenvalue weighted by atomic mass is 10.2. The molecule has 1 aromatic heterocycles. The van der Waals surface area contributed by atoms with E-state index in [2.05, 4.69) is 22.6 Å². The maximum atomic E-state index is 5.75. The first kappa shape index (κ1) is 13.2. The number of fused-ring (bicyclic) bond motifs is 1. The van der Waals surface area contributed by atoms with E-state index in [0.717, 1.165) is 43.7 Å². The lowest BCUT2D eigenvalue weighted by Gasteiger charge is -2.09. The van der Waals surface area contributed by atoms with Crippen LogP contribution in [0.15, 0.2) is 30.4 Å². The first-order valence-electron chi connectivity index (χ1n) is 6.45. The molecule has 3 nitrogen and oxygen atoms in total. The molecule has 0 spiro atoms. The van der Waals surface area contributed by atoms with Crippen LogP contribution in [0.25, 0.3) is 10.2 Å². The van der Waals surface area contributed by atoms with Crippen LogP contribution in [0.4, 0.5) is 0 Å². The molecule has 98 valence electrons. The number of rotatable bonds is 8. The van der Waals surface area contributed by atoms with Crippen molar-refractivity contribution >= 4 is 21.7 Å². The molecule has 0 radical (unpaired) electrons. The van der Waals surface area contributed by atoms with Crippen molar-refractivity contribution in [3.63, 3.8) is 0 Å². The van der Waals surface area contributed by atoms with Crippen LogP contribution in [0.5, 0.6) is 5.75 Å². The number of hydrogen-bond donors (Lipinski definition) is 2. The van der Waals surface area contributed by atoms with Gasteiger partial charge in [0.1, 0.15) is 11.3 Å². The molecule has 0 saturated heterocycles. The lowest BCUT2D eigenvalue weighted by molar-refractivity contribution is 0.328. The second kappa shape index (κ2) is 7.24. The first-order chi connectivity index (χ1) is 8.92. The number of allylic oxidation sites excluding steroid dienone is 1. The molecule has 0 saturated carbocycles. The van der Waals surface area contributed by atoms with Gasteiger partial charge >= 0.3 is 0 Å². The molecule has 0 unspecified atom stereocenters. The minimum Gasteiger partial charge on any atom is -0.491 e. The number of ether oxygens (including phenoxy) is 1. The van der Waals surface area contributed by atoms with Crippen LogP contribution in [0.3, 0.4) is 0 Å². The Morgan fingerprint density at radius 1 is 1.22 bits per heavy atom. The molecular weight excluding hydrogens is 244 g/mol. The monoisotopic (exact) mass is 264 g/mol. The zero-order valence-corrected chi connectivity index (χ0v) is 11.3. The maximum Gasteiger partial charge on any atom is 0.145 e. The molecule has 0 atom stereocenters. The summed E-state index contributed by atoms with van der Waals surface area (Å²) in [4.78, 5) is 0. The molecule has 0 aliphatic carbocycles. The second-order valence-corrected chi connectivity index (χ2v) is 5.07. The van der Waals surface area contributed by atoms with E-state index in [0.29, 0.717) is 0 Å². The molecule has 0 aliphatic rings. The highest BCUT2D eigenvalue weighted by Gasteiger charge is 2.04. The molecule has 0 bridgehead atoms. The summed E-state index contributed by atoms with van der Waals surface area (Å²) in [5, 5.41) is 0. The van der Waals surface area contributed by atoms with Gasteiger partial charge in [0.25, 0.3) is 0 Å². The predicted molar refractivity (Wildman–Crippen MR) is 78.3 cm³/mol. The van der Waals surface area contributed by atoms with Crippen molar-refractivity contribution in [1.82, 2.24) is 4.37 Å². The zero-order valence-electron chi connectivity index (χ0n) is 10.5. The molecule has 4 heteroatoms. The van der Waals surface area contributed by atoms with E-state index in [4.69, 9.17) is 10.5 Å². The van der Waals surface area contributed by atoms with E-state index in [1.165, 1.54) is 11.1 Å². The number of para-hydroxylation sites is 1. The Balaban J connectivity index is 1.65. The smallest absolute Gasteiger partial charge is 0.145 e. The molecular formula is C14H20N2OS. The number of aromatic amines is 1. The van der Waals surface area contributed by atoms with Gasteiger partial charge < -0.3 is 14.8 Å².